The molecule has 0 aromatic carbocycles. The largest absolute Gasteiger partial charge is 0.479 e. The standard InChI is InChI=1S/C10H18O6/c1-3-5-10(15,7(11)8(12)13)9(14)16-6-4-2/h7,11,15H,3-6H2,1-2H3,(H,12,13). The van der Waals surface area contributed by atoms with Crippen LogP contribution in [0.1, 0.15) is 33.1 Å². The number of aliphatic hydroxyl groups excluding tert-OH is 1. The molecular formula is C10H18O6. The van der Waals surface area contributed by atoms with Crippen LogP contribution in [0.15, 0.2) is 0 Å². The summed E-state index contributed by atoms with van der Waals surface area (Å²) in [6.07, 6.45) is -1.43. The quantitative estimate of drug-likeness (QED) is 0.532. The third-order valence-corrected chi connectivity index (χ3v) is 2.11. The molecule has 0 aromatic heterocycles. The molecule has 0 saturated carbocycles. The van der Waals surface area contributed by atoms with Crippen molar-refractivity contribution in [2.45, 2.75) is 44.8 Å². The van der Waals surface area contributed by atoms with E-state index in [1.165, 1.54) is 0 Å². The molecule has 0 aliphatic rings. The molecule has 94 valence electrons. The Balaban J connectivity index is 4.79. The highest BCUT2D eigenvalue weighted by Gasteiger charge is 2.47. The van der Waals surface area contributed by atoms with E-state index in [-0.39, 0.29) is 13.0 Å². The first-order chi connectivity index (χ1) is 7.40. The number of carboxylic acid groups (broad SMARTS) is 1. The third-order valence-electron chi connectivity index (χ3n) is 2.11. The second kappa shape index (κ2) is 6.44. The molecule has 0 saturated heterocycles. The zero-order valence-electron chi connectivity index (χ0n) is 9.47. The third kappa shape index (κ3) is 3.46. The van der Waals surface area contributed by atoms with Gasteiger partial charge in [-0.15, -0.1) is 0 Å². The van der Waals surface area contributed by atoms with Crippen molar-refractivity contribution in [3.8, 4) is 0 Å². The molecule has 0 aromatic rings. The van der Waals surface area contributed by atoms with E-state index in [0.717, 1.165) is 0 Å². The SMILES string of the molecule is CCCOC(=O)C(O)(CCC)C(O)C(=O)O. The predicted molar refractivity (Wildman–Crippen MR) is 54.8 cm³/mol. The van der Waals surface area contributed by atoms with Crippen molar-refractivity contribution >= 4 is 11.9 Å². The second-order valence-corrected chi connectivity index (χ2v) is 3.55. The lowest BCUT2D eigenvalue weighted by molar-refractivity contribution is -0.189. The highest BCUT2D eigenvalue weighted by atomic mass is 16.6. The minimum atomic E-state index is -2.37. The first-order valence-corrected chi connectivity index (χ1v) is 5.20. The Morgan fingerprint density at radius 3 is 2.25 bits per heavy atom. The number of hydrogen-bond donors (Lipinski definition) is 3. The zero-order chi connectivity index (χ0) is 12.8. The highest BCUT2D eigenvalue weighted by molar-refractivity contribution is 5.88. The van der Waals surface area contributed by atoms with E-state index >= 15 is 0 Å². The summed E-state index contributed by atoms with van der Waals surface area (Å²) in [7, 11) is 0. The van der Waals surface area contributed by atoms with Gasteiger partial charge in [0.1, 0.15) is 0 Å². The summed E-state index contributed by atoms with van der Waals surface area (Å²) in [4.78, 5) is 22.0. The lowest BCUT2D eigenvalue weighted by Gasteiger charge is -2.27. The molecule has 0 rings (SSSR count). The minimum absolute atomic E-state index is 0.0806. The Morgan fingerprint density at radius 1 is 1.31 bits per heavy atom. The van der Waals surface area contributed by atoms with Crippen LogP contribution in [0, 0.1) is 0 Å². The Kier molecular flexibility index (Phi) is 5.98. The molecule has 0 bridgehead atoms. The molecule has 0 fully saturated rings. The summed E-state index contributed by atoms with van der Waals surface area (Å²) in [5, 5.41) is 27.7. The van der Waals surface area contributed by atoms with Gasteiger partial charge in [-0.3, -0.25) is 0 Å². The van der Waals surface area contributed by atoms with E-state index < -0.39 is 23.6 Å². The molecule has 6 heteroatoms. The fraction of sp³-hybridized carbons (Fsp3) is 0.800. The Labute approximate surface area is 93.8 Å². The molecule has 0 aliphatic heterocycles. The number of carbonyl (C=O) groups is 2. The fourth-order valence-electron chi connectivity index (χ4n) is 1.26. The second-order valence-electron chi connectivity index (χ2n) is 3.55. The summed E-state index contributed by atoms with van der Waals surface area (Å²) in [5.74, 6) is -2.74. The van der Waals surface area contributed by atoms with Gasteiger partial charge in [0.05, 0.1) is 6.61 Å². The van der Waals surface area contributed by atoms with Gasteiger partial charge in [0.25, 0.3) is 0 Å². The van der Waals surface area contributed by atoms with Gasteiger partial charge in [0.15, 0.2) is 11.7 Å². The van der Waals surface area contributed by atoms with Gasteiger partial charge in [-0.2, -0.15) is 0 Å². The summed E-state index contributed by atoms with van der Waals surface area (Å²) >= 11 is 0. The average Bonchev–Trinajstić information content (AvgIpc) is 2.24. The monoisotopic (exact) mass is 234 g/mol. The predicted octanol–water partition coefficient (Wildman–Crippen LogP) is -0.0837. The number of aliphatic carboxylic acids is 1. The molecule has 3 N–H and O–H groups in total. The number of carboxylic acids is 1. The summed E-state index contributed by atoms with van der Waals surface area (Å²) < 4.78 is 4.67. The van der Waals surface area contributed by atoms with E-state index in [2.05, 4.69) is 4.74 Å². The molecule has 0 spiro atoms. The molecule has 0 aliphatic carbocycles. The van der Waals surface area contributed by atoms with Crippen molar-refractivity contribution in [1.29, 1.82) is 0 Å². The maximum absolute atomic E-state index is 11.5. The van der Waals surface area contributed by atoms with Crippen LogP contribution in [0.25, 0.3) is 0 Å². The maximum Gasteiger partial charge on any atom is 0.341 e. The normalized spacial score (nSPS) is 16.2. The Hall–Kier alpha value is -1.14. The van der Waals surface area contributed by atoms with E-state index in [9.17, 15) is 19.8 Å². The van der Waals surface area contributed by atoms with Crippen LogP contribution in [0.5, 0.6) is 0 Å². The van der Waals surface area contributed by atoms with E-state index in [4.69, 9.17) is 5.11 Å². The van der Waals surface area contributed by atoms with E-state index in [1.54, 1.807) is 13.8 Å². The lowest BCUT2D eigenvalue weighted by Crippen LogP contribution is -2.54. The van der Waals surface area contributed by atoms with Crippen molar-refractivity contribution in [2.24, 2.45) is 0 Å². The highest BCUT2D eigenvalue weighted by Crippen LogP contribution is 2.20. The zero-order valence-corrected chi connectivity index (χ0v) is 9.47. The first kappa shape index (κ1) is 14.9. The molecule has 0 radical (unpaired) electrons. The minimum Gasteiger partial charge on any atom is -0.479 e. The molecule has 0 amide bonds. The summed E-state index contributed by atoms with van der Waals surface area (Å²) in [6.45, 7) is 3.50. The first-order valence-electron chi connectivity index (χ1n) is 5.20. The van der Waals surface area contributed by atoms with Gasteiger partial charge in [0.2, 0.25) is 0 Å². The van der Waals surface area contributed by atoms with Crippen LogP contribution >= 0.6 is 0 Å². The van der Waals surface area contributed by atoms with Gasteiger partial charge in [-0.05, 0) is 12.8 Å². The van der Waals surface area contributed by atoms with E-state index in [1.807, 2.05) is 0 Å². The van der Waals surface area contributed by atoms with Crippen LogP contribution in [0.3, 0.4) is 0 Å². The molecule has 6 nitrogen and oxygen atoms in total. The van der Waals surface area contributed by atoms with Gasteiger partial charge >= 0.3 is 11.9 Å². The van der Waals surface area contributed by atoms with Crippen LogP contribution in [-0.2, 0) is 14.3 Å². The number of carbonyl (C=O) groups excluding carboxylic acids is 1. The average molecular weight is 234 g/mol. The maximum atomic E-state index is 11.5. The summed E-state index contributed by atoms with van der Waals surface area (Å²) in [6, 6.07) is 0. The molecule has 0 heterocycles. The summed E-state index contributed by atoms with van der Waals surface area (Å²) in [5.41, 5.74) is -2.37. The molecular weight excluding hydrogens is 216 g/mol. The van der Waals surface area contributed by atoms with Crippen LogP contribution in [-0.4, -0.2) is 45.6 Å². The van der Waals surface area contributed by atoms with Gasteiger partial charge in [0, 0.05) is 0 Å². The topological polar surface area (TPSA) is 104 Å². The smallest absolute Gasteiger partial charge is 0.341 e. The number of hydrogen-bond acceptors (Lipinski definition) is 5. The van der Waals surface area contributed by atoms with Crippen LogP contribution in [0.2, 0.25) is 0 Å². The number of aliphatic hydroxyl groups is 2. The van der Waals surface area contributed by atoms with E-state index in [0.29, 0.717) is 12.8 Å². The number of rotatable bonds is 7. The molecule has 2 atom stereocenters. The molecule has 2 unspecified atom stereocenters. The van der Waals surface area contributed by atoms with Crippen molar-refractivity contribution in [2.75, 3.05) is 6.61 Å². The van der Waals surface area contributed by atoms with Crippen LogP contribution in [0.4, 0.5) is 0 Å². The Bertz CT molecular complexity index is 252. The van der Waals surface area contributed by atoms with Gasteiger partial charge in [-0.25, -0.2) is 9.59 Å². The lowest BCUT2D eigenvalue weighted by atomic mass is 9.91. The fourth-order valence-corrected chi connectivity index (χ4v) is 1.26. The van der Waals surface area contributed by atoms with Gasteiger partial charge < -0.3 is 20.1 Å². The van der Waals surface area contributed by atoms with Crippen molar-refractivity contribution in [1.82, 2.24) is 0 Å². The molecule has 16 heavy (non-hydrogen) atoms. The van der Waals surface area contributed by atoms with Crippen molar-refractivity contribution in [3.63, 3.8) is 0 Å². The van der Waals surface area contributed by atoms with Crippen molar-refractivity contribution < 1.29 is 29.6 Å². The Morgan fingerprint density at radius 2 is 1.88 bits per heavy atom. The number of ether oxygens (including phenoxy) is 1. The van der Waals surface area contributed by atoms with Crippen LogP contribution < -0.4 is 0 Å². The number of esters is 1. The van der Waals surface area contributed by atoms with Crippen molar-refractivity contribution in [3.05, 3.63) is 0 Å². The van der Waals surface area contributed by atoms with Gasteiger partial charge in [-0.1, -0.05) is 20.3 Å².